The highest BCUT2D eigenvalue weighted by Crippen LogP contribution is 2.22. The minimum Gasteiger partial charge on any atom is -0.361 e. The molecule has 0 aromatic rings. The van der Waals surface area contributed by atoms with Crippen LogP contribution in [-0.2, 0) is 0 Å². The molecule has 2 atom stereocenters. The Hall–Kier alpha value is -0.310. The second kappa shape index (κ2) is 6.31. The standard InChI is InChI=1S/C12H24N2S/c1-9(2)13-12(15)14-11-6-4-5-10(3)7-8-11/h9-11H,4-8H2,1-3H3,(H2,13,14,15). The van der Waals surface area contributed by atoms with Crippen LogP contribution in [0.3, 0.4) is 0 Å². The van der Waals surface area contributed by atoms with Crippen LogP contribution >= 0.6 is 12.2 Å². The van der Waals surface area contributed by atoms with Gasteiger partial charge in [0.15, 0.2) is 5.11 Å². The van der Waals surface area contributed by atoms with Crippen LogP contribution < -0.4 is 10.6 Å². The van der Waals surface area contributed by atoms with Crippen molar-refractivity contribution < 1.29 is 0 Å². The first kappa shape index (κ1) is 12.8. The molecule has 1 aliphatic carbocycles. The van der Waals surface area contributed by atoms with Crippen molar-refractivity contribution in [2.24, 2.45) is 5.92 Å². The van der Waals surface area contributed by atoms with Crippen LogP contribution in [0.25, 0.3) is 0 Å². The van der Waals surface area contributed by atoms with E-state index in [1.54, 1.807) is 0 Å². The zero-order valence-electron chi connectivity index (χ0n) is 10.2. The highest BCUT2D eigenvalue weighted by atomic mass is 32.1. The van der Waals surface area contributed by atoms with Gasteiger partial charge >= 0.3 is 0 Å². The Balaban J connectivity index is 2.28. The van der Waals surface area contributed by atoms with E-state index < -0.39 is 0 Å². The molecule has 3 heteroatoms. The normalized spacial score (nSPS) is 27.2. The molecule has 2 N–H and O–H groups in total. The summed E-state index contributed by atoms with van der Waals surface area (Å²) < 4.78 is 0. The summed E-state index contributed by atoms with van der Waals surface area (Å²) in [6.45, 7) is 6.58. The minimum atomic E-state index is 0.426. The van der Waals surface area contributed by atoms with Crippen molar-refractivity contribution in [2.45, 2.75) is 65.0 Å². The molecular weight excluding hydrogens is 204 g/mol. The number of hydrogen-bond donors (Lipinski definition) is 2. The Morgan fingerprint density at radius 1 is 1.20 bits per heavy atom. The van der Waals surface area contributed by atoms with Crippen LogP contribution in [0.2, 0.25) is 0 Å². The van der Waals surface area contributed by atoms with Crippen LogP contribution in [0.5, 0.6) is 0 Å². The molecule has 0 saturated heterocycles. The fourth-order valence-corrected chi connectivity index (χ4v) is 2.52. The molecule has 1 fully saturated rings. The molecule has 0 heterocycles. The van der Waals surface area contributed by atoms with Gasteiger partial charge in [-0.3, -0.25) is 0 Å². The number of rotatable bonds is 2. The molecule has 15 heavy (non-hydrogen) atoms. The molecule has 0 aliphatic heterocycles. The summed E-state index contributed by atoms with van der Waals surface area (Å²) >= 11 is 5.26. The molecule has 0 radical (unpaired) electrons. The quantitative estimate of drug-likeness (QED) is 0.561. The summed E-state index contributed by atoms with van der Waals surface area (Å²) in [5, 5.41) is 7.50. The van der Waals surface area contributed by atoms with Crippen LogP contribution in [0, 0.1) is 5.92 Å². The van der Waals surface area contributed by atoms with Crippen molar-refractivity contribution in [2.75, 3.05) is 0 Å². The van der Waals surface area contributed by atoms with Gasteiger partial charge < -0.3 is 10.6 Å². The average Bonchev–Trinajstić information content (AvgIpc) is 2.29. The van der Waals surface area contributed by atoms with Crippen LogP contribution in [0.15, 0.2) is 0 Å². The van der Waals surface area contributed by atoms with E-state index in [4.69, 9.17) is 12.2 Å². The van der Waals surface area contributed by atoms with E-state index in [9.17, 15) is 0 Å². The minimum absolute atomic E-state index is 0.426. The zero-order chi connectivity index (χ0) is 11.3. The van der Waals surface area contributed by atoms with E-state index in [0.29, 0.717) is 12.1 Å². The molecular formula is C12H24N2S. The third kappa shape index (κ3) is 5.36. The smallest absolute Gasteiger partial charge is 0.166 e. The van der Waals surface area contributed by atoms with E-state index in [0.717, 1.165) is 11.0 Å². The van der Waals surface area contributed by atoms with Crippen LogP contribution in [0.1, 0.15) is 52.9 Å². The lowest BCUT2D eigenvalue weighted by Crippen LogP contribution is -2.44. The molecule has 0 aromatic carbocycles. The second-order valence-corrected chi connectivity index (χ2v) is 5.49. The summed E-state index contributed by atoms with van der Waals surface area (Å²) in [5.74, 6) is 0.892. The van der Waals surface area contributed by atoms with Gasteiger partial charge in [-0.1, -0.05) is 19.8 Å². The Kier molecular flexibility index (Phi) is 5.37. The van der Waals surface area contributed by atoms with Crippen LogP contribution in [0.4, 0.5) is 0 Å². The summed E-state index contributed by atoms with van der Waals surface area (Å²) in [6.07, 6.45) is 6.58. The molecule has 0 spiro atoms. The third-order valence-corrected chi connectivity index (χ3v) is 3.25. The maximum Gasteiger partial charge on any atom is 0.166 e. The summed E-state index contributed by atoms with van der Waals surface area (Å²) in [4.78, 5) is 0. The van der Waals surface area contributed by atoms with E-state index in [1.807, 2.05) is 0 Å². The molecule has 88 valence electrons. The molecule has 1 aliphatic rings. The maximum absolute atomic E-state index is 5.26. The second-order valence-electron chi connectivity index (χ2n) is 5.08. The summed E-state index contributed by atoms with van der Waals surface area (Å²) in [6, 6.07) is 1.02. The fraction of sp³-hybridized carbons (Fsp3) is 0.917. The van der Waals surface area contributed by atoms with Crippen molar-refractivity contribution >= 4 is 17.3 Å². The first-order valence-electron chi connectivity index (χ1n) is 6.15. The predicted octanol–water partition coefficient (Wildman–Crippen LogP) is 2.83. The van der Waals surface area contributed by atoms with Crippen LogP contribution in [-0.4, -0.2) is 17.2 Å². The number of nitrogens with one attached hydrogen (secondary N) is 2. The first-order valence-corrected chi connectivity index (χ1v) is 6.55. The highest BCUT2D eigenvalue weighted by molar-refractivity contribution is 7.80. The first-order chi connectivity index (χ1) is 7.08. The van der Waals surface area contributed by atoms with E-state index in [1.165, 1.54) is 32.1 Å². The molecule has 2 unspecified atom stereocenters. The van der Waals surface area contributed by atoms with E-state index in [2.05, 4.69) is 31.4 Å². The van der Waals surface area contributed by atoms with Gasteiger partial charge in [0.05, 0.1) is 0 Å². The Morgan fingerprint density at radius 3 is 2.60 bits per heavy atom. The largest absolute Gasteiger partial charge is 0.361 e. The molecule has 0 bridgehead atoms. The third-order valence-electron chi connectivity index (χ3n) is 3.01. The highest BCUT2D eigenvalue weighted by Gasteiger charge is 2.16. The van der Waals surface area contributed by atoms with Gasteiger partial charge in [-0.2, -0.15) is 0 Å². The van der Waals surface area contributed by atoms with Gasteiger partial charge in [0.25, 0.3) is 0 Å². The fourth-order valence-electron chi connectivity index (χ4n) is 2.12. The van der Waals surface area contributed by atoms with Crippen molar-refractivity contribution in [1.29, 1.82) is 0 Å². The van der Waals surface area contributed by atoms with Crippen molar-refractivity contribution in [3.8, 4) is 0 Å². The Bertz CT molecular complexity index is 204. The lowest BCUT2D eigenvalue weighted by Gasteiger charge is -2.20. The van der Waals surface area contributed by atoms with E-state index >= 15 is 0 Å². The predicted molar refractivity (Wildman–Crippen MR) is 70.0 cm³/mol. The molecule has 2 nitrogen and oxygen atoms in total. The topological polar surface area (TPSA) is 24.1 Å². The number of thiocarbonyl (C=S) groups is 1. The summed E-state index contributed by atoms with van der Waals surface area (Å²) in [5.41, 5.74) is 0. The monoisotopic (exact) mass is 228 g/mol. The SMILES string of the molecule is CC1CCCC(NC(=S)NC(C)C)CC1. The molecule has 0 aromatic heterocycles. The lowest BCUT2D eigenvalue weighted by atomic mass is 10.0. The van der Waals surface area contributed by atoms with Crippen molar-refractivity contribution in [3.63, 3.8) is 0 Å². The van der Waals surface area contributed by atoms with Gasteiger partial charge in [0, 0.05) is 12.1 Å². The maximum atomic E-state index is 5.26. The van der Waals surface area contributed by atoms with E-state index in [-0.39, 0.29) is 0 Å². The molecule has 1 saturated carbocycles. The Labute approximate surface area is 99.2 Å². The number of hydrogen-bond acceptors (Lipinski definition) is 1. The van der Waals surface area contributed by atoms with Crippen molar-refractivity contribution in [1.82, 2.24) is 10.6 Å². The molecule has 0 amide bonds. The molecule has 1 rings (SSSR count). The van der Waals surface area contributed by atoms with Gasteiger partial charge in [-0.05, 0) is 51.2 Å². The van der Waals surface area contributed by atoms with Gasteiger partial charge in [-0.25, -0.2) is 0 Å². The lowest BCUT2D eigenvalue weighted by molar-refractivity contribution is 0.487. The summed E-state index contributed by atoms with van der Waals surface area (Å²) in [7, 11) is 0. The van der Waals surface area contributed by atoms with Gasteiger partial charge in [-0.15, -0.1) is 0 Å². The Morgan fingerprint density at radius 2 is 1.93 bits per heavy atom. The van der Waals surface area contributed by atoms with Crippen molar-refractivity contribution in [3.05, 3.63) is 0 Å². The zero-order valence-corrected chi connectivity index (χ0v) is 11.0. The van der Waals surface area contributed by atoms with Gasteiger partial charge in [0.2, 0.25) is 0 Å². The van der Waals surface area contributed by atoms with Gasteiger partial charge in [0.1, 0.15) is 0 Å². The average molecular weight is 228 g/mol.